The molecular formula is C8H20N2O2S2. The lowest BCUT2D eigenvalue weighted by atomic mass is 10.4. The normalized spacial score (nSPS) is 7.14. The second kappa shape index (κ2) is 14.9. The average Bonchev–Trinajstić information content (AvgIpc) is 2.03. The molecule has 14 heavy (non-hydrogen) atoms. The summed E-state index contributed by atoms with van der Waals surface area (Å²) < 4.78 is 0. The topological polar surface area (TPSA) is 69.7 Å². The van der Waals surface area contributed by atoms with Crippen molar-refractivity contribution < 1.29 is 10.2 Å². The van der Waals surface area contributed by atoms with Crippen molar-refractivity contribution in [3.8, 4) is 0 Å². The Balaban J connectivity index is -0.000000135. The van der Waals surface area contributed by atoms with Crippen LogP contribution in [0.2, 0.25) is 0 Å². The van der Waals surface area contributed by atoms with Crippen molar-refractivity contribution in [2.45, 2.75) is 26.7 Å². The van der Waals surface area contributed by atoms with Gasteiger partial charge in [-0.2, -0.15) is 0 Å². The molecule has 0 spiro atoms. The van der Waals surface area contributed by atoms with Crippen molar-refractivity contribution in [3.05, 3.63) is 0 Å². The van der Waals surface area contributed by atoms with Gasteiger partial charge >= 0.3 is 0 Å². The van der Waals surface area contributed by atoms with Crippen molar-refractivity contribution >= 4 is 34.8 Å². The molecule has 0 unspecified atom stereocenters. The van der Waals surface area contributed by atoms with Crippen LogP contribution in [0.1, 0.15) is 26.7 Å². The van der Waals surface area contributed by atoms with Crippen molar-refractivity contribution in [2.75, 3.05) is 14.1 Å². The summed E-state index contributed by atoms with van der Waals surface area (Å²) in [5.41, 5.74) is 4.40. The first-order valence-corrected chi connectivity index (χ1v) is 4.99. The number of nitrogens with zero attached hydrogens (tertiary/aromatic N) is 1. The summed E-state index contributed by atoms with van der Waals surface area (Å²) in [5, 5.41) is 15.3. The summed E-state index contributed by atoms with van der Waals surface area (Å²) in [6.07, 6.45) is 2.64. The molecule has 6 heteroatoms. The third-order valence-corrected chi connectivity index (χ3v) is 1.25. The highest BCUT2D eigenvalue weighted by atomic mass is 32.1. The van der Waals surface area contributed by atoms with E-state index < -0.39 is 5.17 Å². The van der Waals surface area contributed by atoms with E-state index in [-0.39, 0.29) is 5.17 Å². The minimum Gasteiger partial charge on any atom is -0.487 e. The Bertz CT molecular complexity index is 146. The molecule has 86 valence electrons. The van der Waals surface area contributed by atoms with Gasteiger partial charge in [-0.15, -0.1) is 0 Å². The fourth-order valence-corrected chi connectivity index (χ4v) is 0. The highest BCUT2D eigenvalue weighted by Gasteiger charge is 1.86. The Hall–Kier alpha value is -0.620. The van der Waals surface area contributed by atoms with E-state index >= 15 is 0 Å². The molecule has 0 fully saturated rings. The summed E-state index contributed by atoms with van der Waals surface area (Å²) in [7, 11) is 3.37. The number of rotatable bonds is 1. The number of aliphatic hydroxyl groups is 2. The SMILES string of the molecule is CCCC.CN(C)C(O)=S.NC(O)=S. The van der Waals surface area contributed by atoms with E-state index in [2.05, 4.69) is 44.0 Å². The number of hydrogen-bond donors (Lipinski definition) is 3. The molecule has 0 rings (SSSR count). The molecule has 0 radical (unpaired) electrons. The molecule has 0 aliphatic carbocycles. The van der Waals surface area contributed by atoms with E-state index in [4.69, 9.17) is 10.2 Å². The van der Waals surface area contributed by atoms with Gasteiger partial charge in [0.1, 0.15) is 0 Å². The van der Waals surface area contributed by atoms with E-state index in [1.54, 1.807) is 14.1 Å². The molecule has 4 N–H and O–H groups in total. The van der Waals surface area contributed by atoms with Crippen LogP contribution in [-0.4, -0.2) is 39.6 Å². The van der Waals surface area contributed by atoms with Crippen LogP contribution in [0.5, 0.6) is 0 Å². The van der Waals surface area contributed by atoms with E-state index in [9.17, 15) is 0 Å². The summed E-state index contributed by atoms with van der Waals surface area (Å²) in [5.74, 6) is 0. The largest absolute Gasteiger partial charge is 0.487 e. The van der Waals surface area contributed by atoms with E-state index in [1.807, 2.05) is 0 Å². The number of thiocarbonyl (C=S) groups is 2. The van der Waals surface area contributed by atoms with Crippen LogP contribution in [0.4, 0.5) is 0 Å². The van der Waals surface area contributed by atoms with Gasteiger partial charge in [-0.3, -0.25) is 0 Å². The second-order valence-electron chi connectivity index (χ2n) is 2.52. The summed E-state index contributed by atoms with van der Waals surface area (Å²) in [6.45, 7) is 4.36. The fraction of sp³-hybridized carbons (Fsp3) is 0.750. The van der Waals surface area contributed by atoms with E-state index in [0.717, 1.165) is 0 Å². The molecule has 0 saturated carbocycles. The second-order valence-corrected chi connectivity index (χ2v) is 3.30. The minimum atomic E-state index is -0.500. The van der Waals surface area contributed by atoms with Crippen LogP contribution < -0.4 is 5.73 Å². The quantitative estimate of drug-likeness (QED) is 0.609. The zero-order valence-corrected chi connectivity index (χ0v) is 10.8. The van der Waals surface area contributed by atoms with Crippen molar-refractivity contribution in [1.82, 2.24) is 4.90 Å². The molecule has 0 bridgehead atoms. The van der Waals surface area contributed by atoms with Crippen LogP contribution in [0.3, 0.4) is 0 Å². The Morgan fingerprint density at radius 3 is 1.29 bits per heavy atom. The molecular weight excluding hydrogens is 220 g/mol. The Morgan fingerprint density at radius 2 is 1.29 bits per heavy atom. The van der Waals surface area contributed by atoms with Crippen LogP contribution >= 0.6 is 24.4 Å². The van der Waals surface area contributed by atoms with Crippen LogP contribution in [0.15, 0.2) is 0 Å². The summed E-state index contributed by atoms with van der Waals surface area (Å²) in [6, 6.07) is 0. The monoisotopic (exact) mass is 240 g/mol. The van der Waals surface area contributed by atoms with Crippen molar-refractivity contribution in [1.29, 1.82) is 0 Å². The third-order valence-electron chi connectivity index (χ3n) is 0.883. The summed E-state index contributed by atoms with van der Waals surface area (Å²) >= 11 is 8.17. The molecule has 4 nitrogen and oxygen atoms in total. The lowest BCUT2D eigenvalue weighted by Crippen LogP contribution is -2.17. The van der Waals surface area contributed by atoms with Crippen molar-refractivity contribution in [2.24, 2.45) is 5.73 Å². The number of unbranched alkanes of at least 4 members (excludes halogenated alkanes) is 1. The Labute approximate surface area is 96.7 Å². The van der Waals surface area contributed by atoms with E-state index in [1.165, 1.54) is 17.7 Å². The maximum Gasteiger partial charge on any atom is 0.256 e. The first-order valence-electron chi connectivity index (χ1n) is 4.18. The number of nitrogens with two attached hydrogens (primary N) is 1. The lowest BCUT2D eigenvalue weighted by molar-refractivity contribution is 0.442. The Morgan fingerprint density at radius 1 is 1.14 bits per heavy atom. The average molecular weight is 240 g/mol. The van der Waals surface area contributed by atoms with Gasteiger partial charge in [-0.25, -0.2) is 0 Å². The third kappa shape index (κ3) is 63.9. The van der Waals surface area contributed by atoms with Gasteiger partial charge in [-0.05, 0) is 24.4 Å². The lowest BCUT2D eigenvalue weighted by Gasteiger charge is -2.03. The highest BCUT2D eigenvalue weighted by Crippen LogP contribution is 1.76. The van der Waals surface area contributed by atoms with Gasteiger partial charge in [0.05, 0.1) is 0 Å². The van der Waals surface area contributed by atoms with Crippen LogP contribution in [0.25, 0.3) is 0 Å². The molecule has 0 atom stereocenters. The van der Waals surface area contributed by atoms with E-state index in [0.29, 0.717) is 0 Å². The molecule has 0 aliphatic rings. The number of aliphatic hydroxyl groups excluding tert-OH is 2. The van der Waals surface area contributed by atoms with Gasteiger partial charge in [0, 0.05) is 14.1 Å². The summed E-state index contributed by atoms with van der Waals surface area (Å²) in [4.78, 5) is 1.45. The molecule has 0 saturated heterocycles. The molecule has 0 heterocycles. The predicted molar refractivity (Wildman–Crippen MR) is 68.9 cm³/mol. The first kappa shape index (κ1) is 19.0. The van der Waals surface area contributed by atoms with Gasteiger partial charge in [0.2, 0.25) is 0 Å². The van der Waals surface area contributed by atoms with Crippen LogP contribution in [-0.2, 0) is 0 Å². The first-order chi connectivity index (χ1) is 6.29. The zero-order valence-electron chi connectivity index (χ0n) is 9.15. The zero-order chi connectivity index (χ0) is 12.1. The van der Waals surface area contributed by atoms with Gasteiger partial charge < -0.3 is 20.8 Å². The molecule has 0 aromatic rings. The molecule has 0 aromatic heterocycles. The fourth-order valence-electron chi connectivity index (χ4n) is 0. The maximum absolute atomic E-state index is 8.29. The van der Waals surface area contributed by atoms with Gasteiger partial charge in [0.25, 0.3) is 10.3 Å². The molecule has 0 aromatic carbocycles. The van der Waals surface area contributed by atoms with Gasteiger partial charge in [-0.1, -0.05) is 26.7 Å². The predicted octanol–water partition coefficient (Wildman–Crippen LogP) is 1.99. The minimum absolute atomic E-state index is 0.0741. The maximum atomic E-state index is 8.29. The molecule has 0 aliphatic heterocycles. The number of hydrogen-bond acceptors (Lipinski definition) is 2. The smallest absolute Gasteiger partial charge is 0.256 e. The van der Waals surface area contributed by atoms with Crippen LogP contribution in [0, 0.1) is 0 Å². The Kier molecular flexibility index (Phi) is 20.2. The standard InChI is InChI=1S/C4H10.C3H7NOS.CH3NOS/c1-3-4-2;1-4(2)3(5)6;2-1(3)4/h3-4H2,1-2H3;1-2H3,(H,5,6);(H3,2,3,4). The molecule has 0 amide bonds. The highest BCUT2D eigenvalue weighted by molar-refractivity contribution is 7.80. The van der Waals surface area contributed by atoms with Gasteiger partial charge in [0.15, 0.2) is 0 Å². The van der Waals surface area contributed by atoms with Crippen molar-refractivity contribution in [3.63, 3.8) is 0 Å².